The molecule has 26 heavy (non-hydrogen) atoms. The van der Waals surface area contributed by atoms with Crippen LogP contribution in [0.25, 0.3) is 5.57 Å². The summed E-state index contributed by atoms with van der Waals surface area (Å²) < 4.78 is 10.4. The molecule has 0 fully saturated rings. The van der Waals surface area contributed by atoms with E-state index in [1.54, 1.807) is 36.4 Å². The van der Waals surface area contributed by atoms with E-state index in [2.05, 4.69) is 6.58 Å². The van der Waals surface area contributed by atoms with Crippen LogP contribution in [0.2, 0.25) is 0 Å². The van der Waals surface area contributed by atoms with Gasteiger partial charge in [-0.15, -0.1) is 6.58 Å². The number of carbonyl (C=O) groups excluding carboxylic acids is 1. The van der Waals surface area contributed by atoms with Crippen LogP contribution in [0.1, 0.15) is 22.3 Å². The fourth-order valence-electron chi connectivity index (χ4n) is 2.55. The highest BCUT2D eigenvalue weighted by molar-refractivity contribution is 6.16. The quantitative estimate of drug-likeness (QED) is 0.352. The Morgan fingerprint density at radius 1 is 1.12 bits per heavy atom. The van der Waals surface area contributed by atoms with Gasteiger partial charge in [0.05, 0.1) is 14.2 Å². The number of ether oxygens (including phenoxy) is 2. The molecular formula is C21H19NO4. The standard InChI is InChI=1S/C21H19NO4/c1-4-5-17(14-6-9-16(23)10-7-14)18(13-22)21(24)15-8-11-19(25-2)20(12-15)26-3/h4,6-12,23H,1,5H2,2-3H3. The SMILES string of the molecule is C=CCC(=C(C#N)C(=O)c1ccc(OC)c(OC)c1)c1ccc(O)cc1. The molecule has 0 amide bonds. The number of nitriles is 1. The molecule has 0 saturated heterocycles. The number of hydrogen-bond acceptors (Lipinski definition) is 5. The first kappa shape index (κ1) is 18.8. The van der Waals surface area contributed by atoms with Crippen LogP contribution in [0, 0.1) is 11.3 Å². The number of rotatable bonds is 7. The topological polar surface area (TPSA) is 79.6 Å². The number of nitrogens with zero attached hydrogens (tertiary/aromatic N) is 1. The van der Waals surface area contributed by atoms with Crippen LogP contribution in [-0.4, -0.2) is 25.1 Å². The fraction of sp³-hybridized carbons (Fsp3) is 0.143. The van der Waals surface area contributed by atoms with Crippen LogP contribution in [-0.2, 0) is 0 Å². The number of phenols is 1. The Hall–Kier alpha value is -3.52. The third-order valence-electron chi connectivity index (χ3n) is 3.85. The van der Waals surface area contributed by atoms with E-state index in [1.165, 1.54) is 26.4 Å². The van der Waals surface area contributed by atoms with E-state index in [4.69, 9.17) is 9.47 Å². The Balaban J connectivity index is 2.57. The van der Waals surface area contributed by atoms with Gasteiger partial charge in [-0.2, -0.15) is 5.26 Å². The first-order chi connectivity index (χ1) is 12.5. The lowest BCUT2D eigenvalue weighted by Crippen LogP contribution is -2.06. The number of carbonyl (C=O) groups is 1. The molecule has 0 saturated carbocycles. The minimum atomic E-state index is -0.418. The first-order valence-electron chi connectivity index (χ1n) is 7.86. The molecule has 0 aliphatic rings. The zero-order valence-electron chi connectivity index (χ0n) is 14.7. The minimum absolute atomic E-state index is 0.0165. The smallest absolute Gasteiger partial charge is 0.203 e. The van der Waals surface area contributed by atoms with Crippen LogP contribution in [0.5, 0.6) is 17.2 Å². The van der Waals surface area contributed by atoms with Crippen molar-refractivity contribution >= 4 is 11.4 Å². The second-order valence-electron chi connectivity index (χ2n) is 5.40. The summed E-state index contributed by atoms with van der Waals surface area (Å²) in [5.41, 5.74) is 1.55. The van der Waals surface area contributed by atoms with Crippen molar-refractivity contribution in [1.82, 2.24) is 0 Å². The average Bonchev–Trinajstić information content (AvgIpc) is 2.67. The molecule has 0 unspecified atom stereocenters. The zero-order chi connectivity index (χ0) is 19.1. The van der Waals surface area contributed by atoms with E-state index in [9.17, 15) is 15.2 Å². The molecule has 2 aromatic rings. The summed E-state index contributed by atoms with van der Waals surface area (Å²) in [4.78, 5) is 12.9. The van der Waals surface area contributed by atoms with Gasteiger partial charge in [-0.3, -0.25) is 4.79 Å². The predicted molar refractivity (Wildman–Crippen MR) is 99.3 cm³/mol. The molecular weight excluding hydrogens is 330 g/mol. The number of methoxy groups -OCH3 is 2. The second-order valence-corrected chi connectivity index (χ2v) is 5.40. The molecule has 5 nitrogen and oxygen atoms in total. The van der Waals surface area contributed by atoms with E-state index in [1.807, 2.05) is 6.07 Å². The lowest BCUT2D eigenvalue weighted by atomic mass is 9.92. The van der Waals surface area contributed by atoms with Crippen molar-refractivity contribution in [3.05, 3.63) is 71.8 Å². The molecule has 0 spiro atoms. The van der Waals surface area contributed by atoms with Crippen molar-refractivity contribution in [2.75, 3.05) is 14.2 Å². The summed E-state index contributed by atoms with van der Waals surface area (Å²) in [6.45, 7) is 3.70. The van der Waals surface area contributed by atoms with Gasteiger partial charge < -0.3 is 14.6 Å². The molecule has 0 radical (unpaired) electrons. The number of allylic oxidation sites excluding steroid dienone is 3. The normalized spacial score (nSPS) is 11.1. The van der Waals surface area contributed by atoms with Gasteiger partial charge in [-0.1, -0.05) is 18.2 Å². The second kappa shape index (κ2) is 8.54. The molecule has 0 aliphatic heterocycles. The summed E-state index contributed by atoms with van der Waals surface area (Å²) in [6.07, 6.45) is 1.97. The summed E-state index contributed by atoms with van der Waals surface area (Å²) in [6, 6.07) is 13.1. The highest BCUT2D eigenvalue weighted by Crippen LogP contribution is 2.31. The van der Waals surface area contributed by atoms with Crippen LogP contribution in [0.15, 0.2) is 60.7 Å². The number of phenolic OH excluding ortho intramolecular Hbond substituents is 1. The van der Waals surface area contributed by atoms with Gasteiger partial charge >= 0.3 is 0 Å². The first-order valence-corrected chi connectivity index (χ1v) is 7.86. The zero-order valence-corrected chi connectivity index (χ0v) is 14.7. The Morgan fingerprint density at radius 2 is 1.73 bits per heavy atom. The maximum absolute atomic E-state index is 12.9. The van der Waals surface area contributed by atoms with E-state index in [-0.39, 0.29) is 11.3 Å². The maximum atomic E-state index is 12.9. The van der Waals surface area contributed by atoms with E-state index >= 15 is 0 Å². The Kier molecular flexibility index (Phi) is 6.18. The number of Topliss-reactive ketones (excluding diaryl/α,β-unsaturated/α-hetero) is 1. The minimum Gasteiger partial charge on any atom is -0.508 e. The van der Waals surface area contributed by atoms with E-state index < -0.39 is 5.78 Å². The fourth-order valence-corrected chi connectivity index (χ4v) is 2.55. The highest BCUT2D eigenvalue weighted by atomic mass is 16.5. The predicted octanol–water partition coefficient (Wildman–Crippen LogP) is 4.15. The molecule has 1 N–H and O–H groups in total. The van der Waals surface area contributed by atoms with Gasteiger partial charge in [0.15, 0.2) is 11.5 Å². The monoisotopic (exact) mass is 349 g/mol. The summed E-state index contributed by atoms with van der Waals surface area (Å²) in [5.74, 6) is 0.594. The molecule has 0 aliphatic carbocycles. The van der Waals surface area contributed by atoms with Crippen molar-refractivity contribution in [2.45, 2.75) is 6.42 Å². The summed E-state index contributed by atoms with van der Waals surface area (Å²) in [5, 5.41) is 19.1. The maximum Gasteiger partial charge on any atom is 0.203 e. The number of hydrogen-bond donors (Lipinski definition) is 1. The lowest BCUT2D eigenvalue weighted by Gasteiger charge is -2.11. The highest BCUT2D eigenvalue weighted by Gasteiger charge is 2.19. The largest absolute Gasteiger partial charge is 0.508 e. The molecule has 0 aromatic heterocycles. The molecule has 132 valence electrons. The molecule has 0 atom stereocenters. The van der Waals surface area contributed by atoms with Crippen LogP contribution in [0.3, 0.4) is 0 Å². The molecule has 0 bridgehead atoms. The number of benzene rings is 2. The van der Waals surface area contributed by atoms with Gasteiger partial charge in [0.25, 0.3) is 0 Å². The third kappa shape index (κ3) is 3.93. The number of aromatic hydroxyl groups is 1. The average molecular weight is 349 g/mol. The van der Waals surface area contributed by atoms with Gasteiger partial charge in [-0.05, 0) is 47.9 Å². The van der Waals surface area contributed by atoms with Gasteiger partial charge in [0.2, 0.25) is 5.78 Å². The van der Waals surface area contributed by atoms with Crippen LogP contribution >= 0.6 is 0 Å². The lowest BCUT2D eigenvalue weighted by molar-refractivity contribution is 0.103. The molecule has 2 aromatic carbocycles. The Morgan fingerprint density at radius 3 is 2.27 bits per heavy atom. The van der Waals surface area contributed by atoms with Crippen LogP contribution < -0.4 is 9.47 Å². The van der Waals surface area contributed by atoms with Crippen molar-refractivity contribution in [1.29, 1.82) is 5.26 Å². The van der Waals surface area contributed by atoms with E-state index in [0.717, 1.165) is 0 Å². The van der Waals surface area contributed by atoms with Gasteiger partial charge in [0.1, 0.15) is 17.4 Å². The van der Waals surface area contributed by atoms with E-state index in [0.29, 0.717) is 34.6 Å². The molecule has 0 heterocycles. The Labute approximate surface area is 152 Å². The van der Waals surface area contributed by atoms with Crippen molar-refractivity contribution in [3.8, 4) is 23.3 Å². The third-order valence-corrected chi connectivity index (χ3v) is 3.85. The van der Waals surface area contributed by atoms with Crippen molar-refractivity contribution < 1.29 is 19.4 Å². The van der Waals surface area contributed by atoms with Crippen molar-refractivity contribution in [2.24, 2.45) is 0 Å². The number of ketones is 1. The summed E-state index contributed by atoms with van der Waals surface area (Å²) >= 11 is 0. The molecule has 2 rings (SSSR count). The van der Waals surface area contributed by atoms with Gasteiger partial charge in [0, 0.05) is 5.56 Å². The summed E-state index contributed by atoms with van der Waals surface area (Å²) in [7, 11) is 2.99. The van der Waals surface area contributed by atoms with Crippen LogP contribution in [0.4, 0.5) is 0 Å². The van der Waals surface area contributed by atoms with Crippen molar-refractivity contribution in [3.63, 3.8) is 0 Å². The Bertz CT molecular complexity index is 889. The molecule has 5 heteroatoms. The van der Waals surface area contributed by atoms with Gasteiger partial charge in [-0.25, -0.2) is 0 Å².